The second-order valence-electron chi connectivity index (χ2n) is 8.77. The number of aromatic nitrogens is 1. The summed E-state index contributed by atoms with van der Waals surface area (Å²) in [6, 6.07) is 13.5. The van der Waals surface area contributed by atoms with E-state index >= 15 is 0 Å². The predicted octanol–water partition coefficient (Wildman–Crippen LogP) is 3.88. The summed E-state index contributed by atoms with van der Waals surface area (Å²) in [4.78, 5) is 31.9. The molecule has 0 atom stereocenters. The number of amides is 2. The molecule has 1 aromatic heterocycles. The zero-order chi connectivity index (χ0) is 21.6. The van der Waals surface area contributed by atoms with Gasteiger partial charge in [-0.15, -0.1) is 0 Å². The Morgan fingerprint density at radius 2 is 1.68 bits per heavy atom. The number of likely N-dealkylation sites (tertiary alicyclic amines) is 1. The third kappa shape index (κ3) is 5.24. The van der Waals surface area contributed by atoms with Crippen molar-refractivity contribution in [2.75, 3.05) is 18.8 Å². The lowest BCUT2D eigenvalue weighted by Gasteiger charge is -2.35. The molecule has 6 nitrogen and oxygen atoms in total. The van der Waals surface area contributed by atoms with Crippen LogP contribution in [0.4, 0.5) is 5.82 Å². The summed E-state index contributed by atoms with van der Waals surface area (Å²) >= 11 is 0. The highest BCUT2D eigenvalue weighted by atomic mass is 16.2. The van der Waals surface area contributed by atoms with Gasteiger partial charge in [0, 0.05) is 37.2 Å². The van der Waals surface area contributed by atoms with Gasteiger partial charge >= 0.3 is 0 Å². The SMILES string of the molecule is Nc1nc(C2CCN(C(=O)C3CCCCC3)CC2)ccc1C(=O)NCc1ccccc1. The lowest BCUT2D eigenvalue weighted by atomic mass is 9.86. The van der Waals surface area contributed by atoms with Gasteiger partial charge in [0.25, 0.3) is 5.91 Å². The normalized spacial score (nSPS) is 18.0. The average molecular weight is 421 g/mol. The van der Waals surface area contributed by atoms with E-state index in [4.69, 9.17) is 5.73 Å². The Bertz CT molecular complexity index is 901. The van der Waals surface area contributed by atoms with E-state index < -0.39 is 0 Å². The number of carbonyl (C=O) groups excluding carboxylic acids is 2. The van der Waals surface area contributed by atoms with E-state index in [2.05, 4.69) is 10.3 Å². The Hall–Kier alpha value is -2.89. The van der Waals surface area contributed by atoms with E-state index in [1.54, 1.807) is 6.07 Å². The number of rotatable bonds is 5. The van der Waals surface area contributed by atoms with E-state index in [1.807, 2.05) is 41.3 Å². The number of nitrogens with zero attached hydrogens (tertiary/aromatic N) is 2. The van der Waals surface area contributed by atoms with Crippen molar-refractivity contribution < 1.29 is 9.59 Å². The topological polar surface area (TPSA) is 88.3 Å². The van der Waals surface area contributed by atoms with Gasteiger partial charge in [0.05, 0.1) is 5.56 Å². The van der Waals surface area contributed by atoms with Gasteiger partial charge in [0.2, 0.25) is 5.91 Å². The molecular formula is C25H32N4O2. The van der Waals surface area contributed by atoms with Crippen LogP contribution in [0.25, 0.3) is 0 Å². The molecule has 1 aromatic carbocycles. The van der Waals surface area contributed by atoms with Gasteiger partial charge in [-0.25, -0.2) is 4.98 Å². The molecule has 1 saturated heterocycles. The van der Waals surface area contributed by atoms with Gasteiger partial charge in [-0.3, -0.25) is 9.59 Å². The zero-order valence-electron chi connectivity index (χ0n) is 18.1. The highest BCUT2D eigenvalue weighted by molar-refractivity contribution is 5.98. The number of hydrogen-bond donors (Lipinski definition) is 2. The monoisotopic (exact) mass is 420 g/mol. The van der Waals surface area contributed by atoms with Crippen molar-refractivity contribution >= 4 is 17.6 Å². The summed E-state index contributed by atoms with van der Waals surface area (Å²) < 4.78 is 0. The average Bonchev–Trinajstić information content (AvgIpc) is 2.83. The van der Waals surface area contributed by atoms with Crippen molar-refractivity contribution in [2.45, 2.75) is 57.4 Å². The molecule has 1 aliphatic carbocycles. The van der Waals surface area contributed by atoms with Crippen LogP contribution in [-0.4, -0.2) is 34.8 Å². The molecule has 164 valence electrons. The lowest BCUT2D eigenvalue weighted by Crippen LogP contribution is -2.42. The minimum atomic E-state index is -0.215. The maximum Gasteiger partial charge on any atom is 0.255 e. The Morgan fingerprint density at radius 3 is 2.35 bits per heavy atom. The van der Waals surface area contributed by atoms with Crippen molar-refractivity contribution in [3.8, 4) is 0 Å². The molecule has 0 spiro atoms. The first-order valence-electron chi connectivity index (χ1n) is 11.5. The lowest BCUT2D eigenvalue weighted by molar-refractivity contribution is -0.137. The first-order valence-corrected chi connectivity index (χ1v) is 11.5. The van der Waals surface area contributed by atoms with Crippen LogP contribution in [0.3, 0.4) is 0 Å². The molecule has 2 heterocycles. The Balaban J connectivity index is 1.32. The molecule has 6 heteroatoms. The van der Waals surface area contributed by atoms with E-state index in [1.165, 1.54) is 19.3 Å². The number of pyridine rings is 1. The van der Waals surface area contributed by atoms with Crippen molar-refractivity contribution in [3.05, 3.63) is 59.3 Å². The Morgan fingerprint density at radius 1 is 0.968 bits per heavy atom. The molecule has 2 aliphatic rings. The maximum atomic E-state index is 12.8. The van der Waals surface area contributed by atoms with E-state index in [0.717, 1.165) is 50.0 Å². The van der Waals surface area contributed by atoms with Crippen LogP contribution in [0.5, 0.6) is 0 Å². The summed E-state index contributed by atoms with van der Waals surface area (Å²) in [5, 5.41) is 2.90. The Labute approximate surface area is 184 Å². The third-order valence-corrected chi connectivity index (χ3v) is 6.67. The smallest absolute Gasteiger partial charge is 0.255 e. The fourth-order valence-electron chi connectivity index (χ4n) is 4.79. The molecule has 1 aliphatic heterocycles. The third-order valence-electron chi connectivity index (χ3n) is 6.67. The number of piperidine rings is 1. The van der Waals surface area contributed by atoms with Crippen molar-refractivity contribution in [1.82, 2.24) is 15.2 Å². The molecule has 4 rings (SSSR count). The molecule has 31 heavy (non-hydrogen) atoms. The number of anilines is 1. The van der Waals surface area contributed by atoms with Gasteiger partial charge in [-0.1, -0.05) is 49.6 Å². The van der Waals surface area contributed by atoms with Crippen LogP contribution < -0.4 is 11.1 Å². The molecule has 0 unspecified atom stereocenters. The fourth-order valence-corrected chi connectivity index (χ4v) is 4.79. The number of nitrogens with two attached hydrogens (primary N) is 1. The van der Waals surface area contributed by atoms with Gasteiger partial charge in [-0.05, 0) is 43.4 Å². The van der Waals surface area contributed by atoms with Gasteiger partial charge in [0.1, 0.15) is 5.82 Å². The van der Waals surface area contributed by atoms with E-state index in [-0.39, 0.29) is 23.6 Å². The van der Waals surface area contributed by atoms with E-state index in [0.29, 0.717) is 18.0 Å². The fraction of sp³-hybridized carbons (Fsp3) is 0.480. The molecule has 0 bridgehead atoms. The highest BCUT2D eigenvalue weighted by Gasteiger charge is 2.30. The van der Waals surface area contributed by atoms with Gasteiger partial charge in [-0.2, -0.15) is 0 Å². The summed E-state index contributed by atoms with van der Waals surface area (Å²) in [5.41, 5.74) is 8.50. The zero-order valence-corrected chi connectivity index (χ0v) is 18.1. The molecule has 3 N–H and O–H groups in total. The summed E-state index contributed by atoms with van der Waals surface area (Å²) in [6.45, 7) is 2.01. The number of benzene rings is 1. The second kappa shape index (κ2) is 9.94. The summed E-state index contributed by atoms with van der Waals surface area (Å²) in [6.07, 6.45) is 7.51. The molecule has 2 amide bonds. The van der Waals surface area contributed by atoms with Crippen LogP contribution >= 0.6 is 0 Å². The first kappa shape index (κ1) is 21.3. The standard InChI is InChI=1S/C25H32N4O2/c26-23-21(24(30)27-17-18-7-3-1-4-8-18)11-12-22(28-23)19-13-15-29(16-14-19)25(31)20-9-5-2-6-10-20/h1,3-4,7-8,11-12,19-20H,2,5-6,9-10,13-17H2,(H2,26,28)(H,27,30). The summed E-state index contributed by atoms with van der Waals surface area (Å²) in [5.74, 6) is 0.903. The predicted molar refractivity (Wildman–Crippen MR) is 121 cm³/mol. The quantitative estimate of drug-likeness (QED) is 0.768. The molecule has 2 aromatic rings. The van der Waals surface area contributed by atoms with Crippen LogP contribution in [0, 0.1) is 5.92 Å². The number of nitrogens with one attached hydrogen (secondary N) is 1. The van der Waals surface area contributed by atoms with E-state index in [9.17, 15) is 9.59 Å². The number of nitrogen functional groups attached to an aromatic ring is 1. The number of hydrogen-bond acceptors (Lipinski definition) is 4. The van der Waals surface area contributed by atoms with Crippen LogP contribution in [0.1, 0.15) is 72.5 Å². The van der Waals surface area contributed by atoms with Crippen LogP contribution in [0.2, 0.25) is 0 Å². The summed E-state index contributed by atoms with van der Waals surface area (Å²) in [7, 11) is 0. The molecule has 1 saturated carbocycles. The molecule has 2 fully saturated rings. The Kier molecular flexibility index (Phi) is 6.85. The van der Waals surface area contributed by atoms with Crippen molar-refractivity contribution in [2.24, 2.45) is 5.92 Å². The second-order valence-corrected chi connectivity index (χ2v) is 8.77. The first-order chi connectivity index (χ1) is 15.1. The van der Waals surface area contributed by atoms with Crippen molar-refractivity contribution in [3.63, 3.8) is 0 Å². The maximum absolute atomic E-state index is 12.8. The van der Waals surface area contributed by atoms with Gasteiger partial charge < -0.3 is 16.0 Å². The van der Waals surface area contributed by atoms with Gasteiger partial charge in [0.15, 0.2) is 0 Å². The highest BCUT2D eigenvalue weighted by Crippen LogP contribution is 2.31. The van der Waals surface area contributed by atoms with Crippen LogP contribution in [-0.2, 0) is 11.3 Å². The minimum Gasteiger partial charge on any atom is -0.383 e. The minimum absolute atomic E-state index is 0.215. The largest absolute Gasteiger partial charge is 0.383 e. The number of carbonyl (C=O) groups is 2. The molecular weight excluding hydrogens is 388 g/mol. The van der Waals surface area contributed by atoms with Crippen LogP contribution in [0.15, 0.2) is 42.5 Å². The van der Waals surface area contributed by atoms with Crippen molar-refractivity contribution in [1.29, 1.82) is 0 Å². The molecule has 0 radical (unpaired) electrons.